The molecule has 0 bridgehead atoms. The highest BCUT2D eigenvalue weighted by Gasteiger charge is 2.24. The normalized spacial score (nSPS) is 25.7. The lowest BCUT2D eigenvalue weighted by molar-refractivity contribution is 0.255. The fourth-order valence-corrected chi connectivity index (χ4v) is 2.96. The Morgan fingerprint density at radius 2 is 1.44 bits per heavy atom. The maximum atomic E-state index is 3.78. The molecule has 0 heterocycles. The van der Waals surface area contributed by atoms with E-state index in [4.69, 9.17) is 0 Å². The van der Waals surface area contributed by atoms with Gasteiger partial charge in [0, 0.05) is 17.6 Å². The Balaban J connectivity index is 2.19. The molecule has 1 aliphatic carbocycles. The third-order valence-electron chi connectivity index (χ3n) is 4.21. The summed E-state index contributed by atoms with van der Waals surface area (Å²) in [5, 5.41) is 7.52. The fourth-order valence-electron chi connectivity index (χ4n) is 2.96. The zero-order valence-corrected chi connectivity index (χ0v) is 13.2. The van der Waals surface area contributed by atoms with Crippen molar-refractivity contribution < 1.29 is 0 Å². The second-order valence-corrected chi connectivity index (χ2v) is 7.03. The number of rotatable bonds is 6. The fraction of sp³-hybridized carbons (Fsp3) is 1.00. The van der Waals surface area contributed by atoms with Gasteiger partial charge >= 0.3 is 0 Å². The summed E-state index contributed by atoms with van der Waals surface area (Å²) in [6.45, 7) is 12.6. The molecule has 1 aliphatic rings. The van der Waals surface area contributed by atoms with Crippen LogP contribution in [-0.4, -0.2) is 24.2 Å². The lowest BCUT2D eigenvalue weighted by Gasteiger charge is -2.35. The van der Waals surface area contributed by atoms with E-state index in [0.29, 0.717) is 0 Å². The van der Waals surface area contributed by atoms with Crippen molar-refractivity contribution in [1.29, 1.82) is 0 Å². The Morgan fingerprint density at radius 3 is 1.89 bits per heavy atom. The monoisotopic (exact) mass is 254 g/mol. The third-order valence-corrected chi connectivity index (χ3v) is 4.21. The highest BCUT2D eigenvalue weighted by Crippen LogP contribution is 2.21. The van der Waals surface area contributed by atoms with Gasteiger partial charge in [0.2, 0.25) is 0 Å². The van der Waals surface area contributed by atoms with Crippen molar-refractivity contribution in [3.8, 4) is 0 Å². The highest BCUT2D eigenvalue weighted by atomic mass is 15.0. The van der Waals surface area contributed by atoms with E-state index in [-0.39, 0.29) is 5.54 Å². The lowest BCUT2D eigenvalue weighted by atomic mass is 9.89. The van der Waals surface area contributed by atoms with Crippen molar-refractivity contribution in [2.75, 3.05) is 6.54 Å². The van der Waals surface area contributed by atoms with Crippen molar-refractivity contribution in [1.82, 2.24) is 10.6 Å². The van der Waals surface area contributed by atoms with Crippen LogP contribution in [0.1, 0.15) is 73.1 Å². The van der Waals surface area contributed by atoms with E-state index in [9.17, 15) is 0 Å². The van der Waals surface area contributed by atoms with E-state index >= 15 is 0 Å². The van der Waals surface area contributed by atoms with Crippen LogP contribution in [0.2, 0.25) is 0 Å². The molecular weight excluding hydrogens is 220 g/mol. The average molecular weight is 254 g/mol. The molecule has 108 valence electrons. The summed E-state index contributed by atoms with van der Waals surface area (Å²) in [6.07, 6.45) is 7.96. The SMILES string of the molecule is CCC(CC)CNC1CCC(NC(C)(C)C)CC1. The molecule has 0 saturated heterocycles. The van der Waals surface area contributed by atoms with Gasteiger partial charge in [0.1, 0.15) is 0 Å². The maximum absolute atomic E-state index is 3.78. The third kappa shape index (κ3) is 6.19. The van der Waals surface area contributed by atoms with Gasteiger partial charge in [-0.25, -0.2) is 0 Å². The first-order valence-corrected chi connectivity index (χ1v) is 7.95. The van der Waals surface area contributed by atoms with E-state index in [1.807, 2.05) is 0 Å². The van der Waals surface area contributed by atoms with Gasteiger partial charge in [-0.15, -0.1) is 0 Å². The minimum Gasteiger partial charge on any atom is -0.314 e. The topological polar surface area (TPSA) is 24.1 Å². The smallest absolute Gasteiger partial charge is 0.00990 e. The molecule has 1 rings (SSSR count). The zero-order chi connectivity index (χ0) is 13.6. The van der Waals surface area contributed by atoms with Gasteiger partial charge in [-0.05, 0) is 58.9 Å². The molecule has 0 atom stereocenters. The Hall–Kier alpha value is -0.0800. The van der Waals surface area contributed by atoms with Crippen molar-refractivity contribution in [3.05, 3.63) is 0 Å². The van der Waals surface area contributed by atoms with Gasteiger partial charge in [0.25, 0.3) is 0 Å². The maximum Gasteiger partial charge on any atom is 0.00990 e. The van der Waals surface area contributed by atoms with Crippen LogP contribution in [-0.2, 0) is 0 Å². The molecule has 0 spiro atoms. The molecule has 2 N–H and O–H groups in total. The van der Waals surface area contributed by atoms with E-state index in [2.05, 4.69) is 45.3 Å². The van der Waals surface area contributed by atoms with Crippen molar-refractivity contribution >= 4 is 0 Å². The standard InChI is InChI=1S/C16H34N2/c1-6-13(7-2)12-17-14-8-10-15(11-9-14)18-16(3,4)5/h13-15,17-18H,6-12H2,1-5H3. The predicted molar refractivity (Wildman–Crippen MR) is 81.0 cm³/mol. The Labute approximate surface area is 114 Å². The molecule has 2 nitrogen and oxygen atoms in total. The second kappa shape index (κ2) is 7.49. The number of nitrogens with one attached hydrogen (secondary N) is 2. The average Bonchev–Trinajstić information content (AvgIpc) is 2.30. The summed E-state index contributed by atoms with van der Waals surface area (Å²) in [6, 6.07) is 1.50. The first-order chi connectivity index (χ1) is 8.44. The second-order valence-electron chi connectivity index (χ2n) is 7.03. The molecule has 2 heteroatoms. The summed E-state index contributed by atoms with van der Waals surface area (Å²) in [5.41, 5.74) is 0.264. The van der Waals surface area contributed by atoms with Crippen LogP contribution in [0.5, 0.6) is 0 Å². The van der Waals surface area contributed by atoms with Crippen LogP contribution in [0.15, 0.2) is 0 Å². The summed E-state index contributed by atoms with van der Waals surface area (Å²) in [7, 11) is 0. The molecule has 0 unspecified atom stereocenters. The van der Waals surface area contributed by atoms with Crippen molar-refractivity contribution in [2.24, 2.45) is 5.92 Å². The van der Waals surface area contributed by atoms with Gasteiger partial charge in [-0.2, -0.15) is 0 Å². The van der Waals surface area contributed by atoms with Crippen LogP contribution in [0.25, 0.3) is 0 Å². The summed E-state index contributed by atoms with van der Waals surface area (Å²) in [4.78, 5) is 0. The van der Waals surface area contributed by atoms with E-state index in [1.165, 1.54) is 45.1 Å². The molecule has 0 aromatic rings. The summed E-state index contributed by atoms with van der Waals surface area (Å²) in [5.74, 6) is 0.871. The van der Waals surface area contributed by atoms with Gasteiger partial charge in [-0.1, -0.05) is 26.7 Å². The van der Waals surface area contributed by atoms with E-state index in [0.717, 1.165) is 18.0 Å². The lowest BCUT2D eigenvalue weighted by Crippen LogP contribution is -2.47. The van der Waals surface area contributed by atoms with Gasteiger partial charge in [0.15, 0.2) is 0 Å². The van der Waals surface area contributed by atoms with Gasteiger partial charge in [-0.3, -0.25) is 0 Å². The number of hydrogen-bond acceptors (Lipinski definition) is 2. The zero-order valence-electron chi connectivity index (χ0n) is 13.2. The summed E-state index contributed by atoms with van der Waals surface area (Å²) >= 11 is 0. The Morgan fingerprint density at radius 1 is 0.944 bits per heavy atom. The molecule has 1 fully saturated rings. The van der Waals surface area contributed by atoms with Crippen molar-refractivity contribution in [3.63, 3.8) is 0 Å². The number of hydrogen-bond donors (Lipinski definition) is 2. The molecule has 1 saturated carbocycles. The highest BCUT2D eigenvalue weighted by molar-refractivity contribution is 4.85. The molecule has 0 aliphatic heterocycles. The van der Waals surface area contributed by atoms with Crippen LogP contribution in [0, 0.1) is 5.92 Å². The minimum atomic E-state index is 0.264. The van der Waals surface area contributed by atoms with Gasteiger partial charge < -0.3 is 10.6 Å². The molecule has 0 radical (unpaired) electrons. The van der Waals surface area contributed by atoms with Crippen LogP contribution >= 0.6 is 0 Å². The van der Waals surface area contributed by atoms with Crippen LogP contribution < -0.4 is 10.6 Å². The van der Waals surface area contributed by atoms with Crippen LogP contribution in [0.4, 0.5) is 0 Å². The summed E-state index contributed by atoms with van der Waals surface area (Å²) < 4.78 is 0. The molecule has 0 amide bonds. The first kappa shape index (κ1) is 16.0. The Kier molecular flexibility index (Phi) is 6.65. The van der Waals surface area contributed by atoms with Crippen LogP contribution in [0.3, 0.4) is 0 Å². The quantitative estimate of drug-likeness (QED) is 0.755. The largest absolute Gasteiger partial charge is 0.314 e. The van der Waals surface area contributed by atoms with E-state index in [1.54, 1.807) is 0 Å². The van der Waals surface area contributed by atoms with Crippen molar-refractivity contribution in [2.45, 2.75) is 90.8 Å². The predicted octanol–water partition coefficient (Wildman–Crippen LogP) is 3.71. The first-order valence-electron chi connectivity index (χ1n) is 7.95. The molecule has 18 heavy (non-hydrogen) atoms. The minimum absolute atomic E-state index is 0.264. The van der Waals surface area contributed by atoms with E-state index < -0.39 is 0 Å². The molecule has 0 aromatic heterocycles. The van der Waals surface area contributed by atoms with Gasteiger partial charge in [0.05, 0.1) is 0 Å². The molecule has 0 aromatic carbocycles. The molecular formula is C16H34N2. The Bertz CT molecular complexity index is 208.